The van der Waals surface area contributed by atoms with Crippen LogP contribution < -0.4 is 0 Å². The molecule has 95 valence electrons. The zero-order valence-corrected chi connectivity index (χ0v) is 10.7. The van der Waals surface area contributed by atoms with E-state index in [4.69, 9.17) is 35.5 Å². The fourth-order valence-electron chi connectivity index (χ4n) is 1.03. The van der Waals surface area contributed by atoms with Crippen LogP contribution >= 0.6 is 0 Å². The third-order valence-electron chi connectivity index (χ3n) is 1.59. The minimum Gasteiger partial charge on any atom is -0.512 e. The van der Waals surface area contributed by atoms with E-state index in [-0.39, 0.29) is 18.2 Å². The molecular formula is C13H9CoN5. The molecule has 0 fully saturated rings. The average Bonchev–Trinajstić information content (AvgIpc) is 2.55. The van der Waals surface area contributed by atoms with Crippen molar-refractivity contribution in [3.05, 3.63) is 68.5 Å². The summed E-state index contributed by atoms with van der Waals surface area (Å²) in [7, 11) is 0. The number of hydrogen-bond acceptors (Lipinski definition) is 5. The third kappa shape index (κ3) is 9.02. The van der Waals surface area contributed by atoms with Gasteiger partial charge in [-0.05, 0) is 24.3 Å². The third-order valence-corrected chi connectivity index (χ3v) is 1.59. The summed E-state index contributed by atoms with van der Waals surface area (Å²) in [5.74, 6) is 0. The molecule has 1 radical (unpaired) electrons. The second kappa shape index (κ2) is 17.7. The van der Waals surface area contributed by atoms with Crippen molar-refractivity contribution >= 4 is 0 Å². The Kier molecular flexibility index (Phi) is 20.0. The quantitative estimate of drug-likeness (QED) is 0.753. The van der Waals surface area contributed by atoms with Crippen molar-refractivity contribution in [1.29, 1.82) is 15.8 Å². The monoisotopic (exact) mass is 294 g/mol. The molecular weight excluding hydrogens is 285 g/mol. The van der Waals surface area contributed by atoms with Gasteiger partial charge in [-0.1, -0.05) is 12.1 Å². The van der Waals surface area contributed by atoms with Crippen LogP contribution in [0.3, 0.4) is 0 Å². The molecule has 19 heavy (non-hydrogen) atoms. The molecule has 0 saturated carbocycles. The minimum absolute atomic E-state index is 0. The first-order valence-corrected chi connectivity index (χ1v) is 4.46. The van der Waals surface area contributed by atoms with Gasteiger partial charge in [-0.15, -0.1) is 0 Å². The first-order chi connectivity index (χ1) is 8.97. The summed E-state index contributed by atoms with van der Waals surface area (Å²) in [5, 5.41) is 18.8. The Morgan fingerprint density at radius 3 is 1.21 bits per heavy atom. The largest absolute Gasteiger partial charge is 2.00 e. The number of aromatic nitrogens is 2. The van der Waals surface area contributed by atoms with Crippen LogP contribution in [0.4, 0.5) is 0 Å². The van der Waals surface area contributed by atoms with Crippen LogP contribution in [0.25, 0.3) is 11.4 Å². The van der Waals surface area contributed by atoms with E-state index in [0.29, 0.717) is 0 Å². The summed E-state index contributed by atoms with van der Waals surface area (Å²) >= 11 is 0. The van der Waals surface area contributed by atoms with Gasteiger partial charge >= 0.3 is 18.2 Å². The van der Waals surface area contributed by atoms with E-state index in [1.165, 1.54) is 0 Å². The first-order valence-electron chi connectivity index (χ1n) is 4.46. The molecule has 0 unspecified atom stereocenters. The van der Waals surface area contributed by atoms with E-state index in [1.54, 1.807) is 12.4 Å². The summed E-state index contributed by atoms with van der Waals surface area (Å²) in [6.45, 7) is 14.2. The van der Waals surface area contributed by atoms with Crippen molar-refractivity contribution in [1.82, 2.24) is 9.97 Å². The SMILES string of the molecule is [C-]#N.[C-]#N.[C-]#N.[Co+2].[H+].c1ccc(-c2ccccn2)nc1. The Morgan fingerprint density at radius 2 is 1.00 bits per heavy atom. The van der Waals surface area contributed by atoms with Crippen molar-refractivity contribution in [3.63, 3.8) is 0 Å². The molecule has 0 aliphatic rings. The van der Waals surface area contributed by atoms with Crippen LogP contribution in [0.15, 0.2) is 48.8 Å². The molecule has 0 spiro atoms. The second-order valence-electron chi connectivity index (χ2n) is 2.43. The summed E-state index contributed by atoms with van der Waals surface area (Å²) in [5.41, 5.74) is 1.83. The van der Waals surface area contributed by atoms with Gasteiger partial charge in [0, 0.05) is 12.4 Å². The van der Waals surface area contributed by atoms with Crippen LogP contribution in [-0.2, 0) is 16.8 Å². The van der Waals surface area contributed by atoms with Gasteiger partial charge in [-0.2, -0.15) is 0 Å². The Morgan fingerprint density at radius 1 is 0.684 bits per heavy atom. The second-order valence-corrected chi connectivity index (χ2v) is 2.43. The van der Waals surface area contributed by atoms with Gasteiger partial charge in [-0.3, -0.25) is 9.97 Å². The van der Waals surface area contributed by atoms with Gasteiger partial charge in [0.2, 0.25) is 0 Å². The van der Waals surface area contributed by atoms with Gasteiger partial charge in [0.1, 0.15) is 0 Å². The topological polar surface area (TPSA) is 97.2 Å². The van der Waals surface area contributed by atoms with E-state index in [2.05, 4.69) is 9.97 Å². The summed E-state index contributed by atoms with van der Waals surface area (Å²) in [6, 6.07) is 11.6. The predicted octanol–water partition coefficient (Wildman–Crippen LogP) is 2.54. The summed E-state index contributed by atoms with van der Waals surface area (Å²) in [4.78, 5) is 8.37. The van der Waals surface area contributed by atoms with Gasteiger partial charge in [0.25, 0.3) is 0 Å². The fourth-order valence-corrected chi connectivity index (χ4v) is 1.03. The van der Waals surface area contributed by atoms with Crippen molar-refractivity contribution in [2.45, 2.75) is 0 Å². The van der Waals surface area contributed by atoms with Crippen LogP contribution in [-0.4, -0.2) is 9.97 Å². The molecule has 5 nitrogen and oxygen atoms in total. The maximum absolute atomic E-state index is 6.25. The molecule has 0 amide bonds. The smallest absolute Gasteiger partial charge is 0.512 e. The molecule has 0 aromatic carbocycles. The van der Waals surface area contributed by atoms with Gasteiger partial charge in [0.15, 0.2) is 0 Å². The summed E-state index contributed by atoms with van der Waals surface area (Å²) < 4.78 is 0. The van der Waals surface area contributed by atoms with Crippen molar-refractivity contribution < 1.29 is 18.2 Å². The molecule has 2 aromatic rings. The van der Waals surface area contributed by atoms with E-state index in [9.17, 15) is 0 Å². The van der Waals surface area contributed by atoms with E-state index in [0.717, 1.165) is 11.4 Å². The van der Waals surface area contributed by atoms with E-state index < -0.39 is 0 Å². The average molecular weight is 294 g/mol. The first kappa shape index (κ1) is 21.5. The molecule has 2 aromatic heterocycles. The van der Waals surface area contributed by atoms with Crippen LogP contribution in [0.1, 0.15) is 1.43 Å². The Hall–Kier alpha value is -2.72. The van der Waals surface area contributed by atoms with Crippen molar-refractivity contribution in [2.75, 3.05) is 0 Å². The van der Waals surface area contributed by atoms with Crippen molar-refractivity contribution in [3.8, 4) is 11.4 Å². The van der Waals surface area contributed by atoms with Crippen LogP contribution in [0.5, 0.6) is 0 Å². The van der Waals surface area contributed by atoms with E-state index in [1.807, 2.05) is 36.4 Å². The maximum Gasteiger partial charge on any atom is 2.00 e. The fraction of sp³-hybridized carbons (Fsp3) is 0. The predicted molar refractivity (Wildman–Crippen MR) is 63.5 cm³/mol. The maximum atomic E-state index is 6.25. The Balaban J connectivity index is -0.000000143. The molecule has 6 heteroatoms. The van der Waals surface area contributed by atoms with Gasteiger partial charge < -0.3 is 35.5 Å². The number of pyridine rings is 2. The molecule has 0 aliphatic heterocycles. The van der Waals surface area contributed by atoms with E-state index >= 15 is 0 Å². The molecule has 0 bridgehead atoms. The molecule has 2 heterocycles. The standard InChI is InChI=1S/C10H8N2.3CN.Co/c1-3-7-11-9(5-1)10-6-2-4-8-12-10;3*1-2;/h1-8H;;;;/q;3*-1;+2/p+1. The Labute approximate surface area is 124 Å². The van der Waals surface area contributed by atoms with Gasteiger partial charge in [-0.25, -0.2) is 0 Å². The van der Waals surface area contributed by atoms with Crippen LogP contribution in [0, 0.1) is 35.5 Å². The zero-order chi connectivity index (χ0) is 14.2. The molecule has 0 saturated heterocycles. The van der Waals surface area contributed by atoms with Gasteiger partial charge in [0.05, 0.1) is 11.4 Å². The molecule has 0 aliphatic carbocycles. The molecule has 2 rings (SSSR count). The summed E-state index contributed by atoms with van der Waals surface area (Å²) in [6.07, 6.45) is 3.54. The normalized spacial score (nSPS) is 6.42. The van der Waals surface area contributed by atoms with Crippen LogP contribution in [0.2, 0.25) is 0 Å². The minimum atomic E-state index is 0. The Bertz CT molecular complexity index is 419. The molecule has 0 N–H and O–H groups in total. The number of hydrogen-bond donors (Lipinski definition) is 0. The number of rotatable bonds is 1. The number of nitrogens with zero attached hydrogens (tertiary/aromatic N) is 5. The van der Waals surface area contributed by atoms with Crippen molar-refractivity contribution in [2.24, 2.45) is 0 Å². The zero-order valence-electron chi connectivity index (χ0n) is 10.7. The molecule has 0 atom stereocenters.